The standard InChI is InChI=1S/C59H70F2N9O12P/c1-36(40-19-13-20-41(34-40)59(60,61)83(80,81)82)32-51(73)63-44-35-68(52(74)21-12-4-3-7-14-37-22-25-45-48(33-37)67(2)58(79)70(45)47-27-29-50(72)65-56(47)77)31-30-42-23-26-46(69(42)57(44)78)55(76)64-43(24-28-49(62)71)54(75)66-53(38-15-8-5-9-16-38)39-17-10-6-11-18-39/h5-6,8-11,13,15-20,22,25,32-34,42-44,46-47,52-53,74H,3-4,7,12,14,21,23-24,26-31,35H2,1-2H3,(H2,62,71)(H,63,73)(H,64,76)(H,66,75)(H,65,72,77)(H2,80,81,82)/b36-32+/t42-,43+,44+,46+,47?,52?/m1/s1. The number of aryl methyl sites for hydroxylation is 2. The van der Waals surface area contributed by atoms with Gasteiger partial charge in [0.15, 0.2) is 0 Å². The number of nitrogens with zero attached hydrogens (tertiary/aromatic N) is 4. The number of aliphatic hydroxyl groups excluding tert-OH is 1. The van der Waals surface area contributed by atoms with E-state index in [2.05, 4.69) is 21.3 Å². The first-order valence-electron chi connectivity index (χ1n) is 27.8. The summed E-state index contributed by atoms with van der Waals surface area (Å²) in [6.07, 6.45) is 4.65. The van der Waals surface area contributed by atoms with Gasteiger partial charge in [-0.05, 0) is 111 Å². The number of rotatable bonds is 23. The molecule has 8 rings (SSSR count). The number of fused-ring (bicyclic) bond motifs is 2. The normalized spacial score (nSPS) is 19.8. The Morgan fingerprint density at radius 2 is 1.52 bits per heavy atom. The summed E-state index contributed by atoms with van der Waals surface area (Å²) in [6.45, 7) is 1.45. The molecule has 0 bridgehead atoms. The molecule has 1 aromatic heterocycles. The number of nitrogens with two attached hydrogens (primary N) is 1. The molecule has 0 saturated carbocycles. The van der Waals surface area contributed by atoms with Crippen LogP contribution in [0.5, 0.6) is 0 Å². The fourth-order valence-electron chi connectivity index (χ4n) is 11.3. The van der Waals surface area contributed by atoms with Gasteiger partial charge in [-0.2, -0.15) is 8.78 Å². The molecule has 0 aliphatic carbocycles. The van der Waals surface area contributed by atoms with Crippen LogP contribution in [0.25, 0.3) is 16.6 Å². The van der Waals surface area contributed by atoms with Crippen molar-refractivity contribution < 1.29 is 61.8 Å². The van der Waals surface area contributed by atoms with Gasteiger partial charge in [-0.15, -0.1) is 0 Å². The van der Waals surface area contributed by atoms with E-state index >= 15 is 4.79 Å². The summed E-state index contributed by atoms with van der Waals surface area (Å²) >= 11 is 0. The number of aliphatic hydroxyl groups is 1. The lowest BCUT2D eigenvalue weighted by molar-refractivity contribution is -0.146. The van der Waals surface area contributed by atoms with E-state index in [1.54, 1.807) is 11.9 Å². The van der Waals surface area contributed by atoms with Crippen molar-refractivity contribution in [2.45, 2.75) is 139 Å². The van der Waals surface area contributed by atoms with Gasteiger partial charge in [0.2, 0.25) is 41.4 Å². The Balaban J connectivity index is 0.958. The van der Waals surface area contributed by atoms with Gasteiger partial charge < -0.3 is 41.5 Å². The Hall–Kier alpha value is -7.69. The molecule has 7 amide bonds. The van der Waals surface area contributed by atoms with Gasteiger partial charge in [-0.1, -0.05) is 97.8 Å². The summed E-state index contributed by atoms with van der Waals surface area (Å²) in [7, 11) is -4.29. The summed E-state index contributed by atoms with van der Waals surface area (Å²) < 4.78 is 44.1. The maximum atomic E-state index is 15.0. The molecule has 3 fully saturated rings. The van der Waals surface area contributed by atoms with Gasteiger partial charge in [0.05, 0.1) is 17.1 Å². The van der Waals surface area contributed by atoms with Gasteiger partial charge in [0, 0.05) is 50.7 Å². The number of halogens is 2. The van der Waals surface area contributed by atoms with E-state index in [-0.39, 0.29) is 67.9 Å². The minimum Gasteiger partial charge on any atom is -0.378 e. The Labute approximate surface area is 477 Å². The van der Waals surface area contributed by atoms with Crippen molar-refractivity contribution >= 4 is 65.6 Å². The lowest BCUT2D eigenvalue weighted by Crippen LogP contribution is -2.62. The largest absolute Gasteiger partial charge is 0.399 e. The SMILES string of the molecule is C/C(=C\C(=O)N[C@H]1CN(C(O)CCCCCCc2ccc3c(c2)n(C)c(=O)n3C2CCC(=O)NC2=O)CC[C@H]2CC[C@@H](C(=O)N[C@@H](CCC(N)=O)C(=O)NC(c3ccccc3)c3ccccc3)N2C1=O)c1cccc(C(F)(F)P(=O)(O)O)c1. The molecule has 24 heteroatoms. The van der Waals surface area contributed by atoms with Crippen LogP contribution in [0.15, 0.2) is 114 Å². The first kappa shape index (κ1) is 61.4. The highest BCUT2D eigenvalue weighted by atomic mass is 31.2. The van der Waals surface area contributed by atoms with E-state index in [9.17, 15) is 61.8 Å². The number of aromatic nitrogens is 2. The van der Waals surface area contributed by atoms with Crippen LogP contribution < -0.4 is 32.7 Å². The quantitative estimate of drug-likeness (QED) is 0.0191. The van der Waals surface area contributed by atoms with Crippen LogP contribution in [-0.2, 0) is 57.3 Å². The average molecular weight is 1170 g/mol. The number of hydrogen-bond donors (Lipinski definition) is 8. The van der Waals surface area contributed by atoms with Gasteiger partial charge >= 0.3 is 18.9 Å². The third-order valence-corrected chi connectivity index (χ3v) is 16.8. The van der Waals surface area contributed by atoms with Crippen molar-refractivity contribution in [3.05, 3.63) is 148 Å². The smallest absolute Gasteiger partial charge is 0.378 e. The van der Waals surface area contributed by atoms with E-state index in [0.717, 1.165) is 60.2 Å². The number of carbonyl (C=O) groups is 7. The maximum Gasteiger partial charge on any atom is 0.399 e. The topological polar surface area (TPSA) is 305 Å². The molecular formula is C59H70F2N9O12P. The van der Waals surface area contributed by atoms with Gasteiger partial charge in [0.1, 0.15) is 30.4 Å². The highest BCUT2D eigenvalue weighted by Gasteiger charge is 2.51. The number of allylic oxidation sites excluding steroid dienone is 1. The molecule has 5 aromatic rings. The Morgan fingerprint density at radius 3 is 2.18 bits per heavy atom. The average Bonchev–Trinajstić information content (AvgIpc) is 4.17. The second kappa shape index (κ2) is 26.7. The molecule has 4 aromatic carbocycles. The number of unbranched alkanes of at least 4 members (excludes halogenated alkanes) is 3. The molecule has 442 valence electrons. The Bertz CT molecular complexity index is 3330. The molecule has 6 atom stereocenters. The molecule has 21 nitrogen and oxygen atoms in total. The second-order valence-corrected chi connectivity index (χ2v) is 23.2. The second-order valence-electron chi connectivity index (χ2n) is 21.6. The van der Waals surface area contributed by atoms with Crippen LogP contribution >= 0.6 is 7.60 Å². The van der Waals surface area contributed by atoms with E-state index in [1.807, 2.05) is 78.9 Å². The van der Waals surface area contributed by atoms with E-state index in [1.165, 1.54) is 27.0 Å². The number of imidazole rings is 1. The van der Waals surface area contributed by atoms with Crippen LogP contribution in [0.2, 0.25) is 0 Å². The fraction of sp³-hybridized carbons (Fsp3) is 0.424. The van der Waals surface area contributed by atoms with Gasteiger partial charge in [-0.25, -0.2) is 4.79 Å². The first-order valence-corrected chi connectivity index (χ1v) is 29.4. The number of amides is 7. The van der Waals surface area contributed by atoms with Crippen LogP contribution in [0.3, 0.4) is 0 Å². The predicted molar refractivity (Wildman–Crippen MR) is 302 cm³/mol. The summed E-state index contributed by atoms with van der Waals surface area (Å²) in [5.41, 5.74) is 3.56. The van der Waals surface area contributed by atoms with E-state index in [0.29, 0.717) is 43.1 Å². The van der Waals surface area contributed by atoms with Crippen molar-refractivity contribution in [1.29, 1.82) is 0 Å². The zero-order valence-corrected chi connectivity index (χ0v) is 47.0. The Kier molecular flexibility index (Phi) is 19.7. The number of benzene rings is 4. The minimum atomic E-state index is -5.92. The Morgan fingerprint density at radius 1 is 0.831 bits per heavy atom. The van der Waals surface area contributed by atoms with Crippen molar-refractivity contribution in [1.82, 2.24) is 40.2 Å². The van der Waals surface area contributed by atoms with E-state index in [4.69, 9.17) is 5.73 Å². The fourth-order valence-corrected chi connectivity index (χ4v) is 11.8. The molecule has 3 aliphatic rings. The minimum absolute atomic E-state index is 0.0340. The highest BCUT2D eigenvalue weighted by Crippen LogP contribution is 2.59. The number of carbonyl (C=O) groups excluding carboxylic acids is 7. The lowest BCUT2D eigenvalue weighted by Gasteiger charge is -2.40. The highest BCUT2D eigenvalue weighted by molar-refractivity contribution is 7.52. The lowest BCUT2D eigenvalue weighted by atomic mass is 9.98. The molecule has 4 heterocycles. The van der Waals surface area contributed by atoms with Crippen molar-refractivity contribution in [2.24, 2.45) is 12.8 Å². The number of piperidine rings is 1. The van der Waals surface area contributed by atoms with Crippen LogP contribution in [-0.4, -0.2) is 119 Å². The third kappa shape index (κ3) is 14.6. The number of nitrogens with one attached hydrogen (secondary N) is 4. The first-order chi connectivity index (χ1) is 39.5. The summed E-state index contributed by atoms with van der Waals surface area (Å²) in [5, 5.41) is 22.6. The molecule has 0 spiro atoms. The molecule has 83 heavy (non-hydrogen) atoms. The molecule has 9 N–H and O–H groups in total. The zero-order valence-electron chi connectivity index (χ0n) is 46.1. The molecule has 3 aliphatic heterocycles. The molecule has 0 radical (unpaired) electrons. The van der Waals surface area contributed by atoms with Gasteiger partial charge in [0.25, 0.3) is 0 Å². The number of hydrogen-bond acceptors (Lipinski definition) is 11. The monoisotopic (exact) mass is 1170 g/mol. The van der Waals surface area contributed by atoms with E-state index < -0.39 is 96.7 Å². The summed E-state index contributed by atoms with van der Waals surface area (Å²) in [4.78, 5) is 129. The number of imide groups is 1. The summed E-state index contributed by atoms with van der Waals surface area (Å²) in [5.74, 6) is -4.38. The van der Waals surface area contributed by atoms with Gasteiger partial charge in [-0.3, -0.25) is 57.5 Å². The maximum absolute atomic E-state index is 15.0. The van der Waals surface area contributed by atoms with Crippen LogP contribution in [0, 0.1) is 0 Å². The number of alkyl halides is 2. The number of primary amides is 1. The molecule has 3 saturated heterocycles. The van der Waals surface area contributed by atoms with Crippen LogP contribution in [0.4, 0.5) is 8.78 Å². The summed E-state index contributed by atoms with van der Waals surface area (Å²) in [6, 6.07) is 22.4. The van der Waals surface area contributed by atoms with Crippen LogP contribution in [0.1, 0.15) is 124 Å². The third-order valence-electron chi connectivity index (χ3n) is 15.9. The van der Waals surface area contributed by atoms with Crippen molar-refractivity contribution in [3.8, 4) is 0 Å². The zero-order chi connectivity index (χ0) is 59.8. The molecular weight excluding hydrogens is 1100 g/mol. The van der Waals surface area contributed by atoms with Crippen molar-refractivity contribution in [3.63, 3.8) is 0 Å². The van der Waals surface area contributed by atoms with Crippen molar-refractivity contribution in [2.75, 3.05) is 13.1 Å². The predicted octanol–water partition coefficient (Wildman–Crippen LogP) is 4.67. The molecule has 2 unspecified atom stereocenters.